The van der Waals surface area contributed by atoms with Crippen molar-refractivity contribution >= 4 is 29.5 Å². The third kappa shape index (κ3) is 7.79. The Hall–Kier alpha value is -2.74. The van der Waals surface area contributed by atoms with Gasteiger partial charge in [-0.2, -0.15) is 11.8 Å². The molecule has 31 heavy (non-hydrogen) atoms. The van der Waals surface area contributed by atoms with Gasteiger partial charge in [0.2, 0.25) is 0 Å². The smallest absolute Gasteiger partial charge is 0.329 e. The fraction of sp³-hybridized carbons (Fsp3) is 0.435. The zero-order chi connectivity index (χ0) is 22.9. The summed E-state index contributed by atoms with van der Waals surface area (Å²) in [6.45, 7) is 5.81. The van der Waals surface area contributed by atoms with Gasteiger partial charge in [-0.1, -0.05) is 30.3 Å². The molecule has 1 heterocycles. The number of amides is 2. The van der Waals surface area contributed by atoms with E-state index < -0.39 is 30.1 Å². The molecule has 2 aromatic rings. The van der Waals surface area contributed by atoms with Gasteiger partial charge in [-0.05, 0) is 56.9 Å². The molecule has 0 saturated heterocycles. The standard InChI is InChI=1S/C23H30N2O5S/c1-23(2,3)25(15-17-9-6-5-7-10-17)20(26)16-30-22(28)18(12-14-31-4)24-21(27)19-11-8-13-29-19/h5-11,13,18H,12,14-16H2,1-4H3,(H,24,27)/t18-/m1/s1. The maximum atomic E-state index is 12.9. The molecule has 8 heteroatoms. The van der Waals surface area contributed by atoms with Crippen molar-refractivity contribution in [1.82, 2.24) is 10.2 Å². The molecule has 0 radical (unpaired) electrons. The molecule has 0 bridgehead atoms. The average molecular weight is 447 g/mol. The Kier molecular flexibility index (Phi) is 9.18. The van der Waals surface area contributed by atoms with Gasteiger partial charge in [-0.25, -0.2) is 4.79 Å². The summed E-state index contributed by atoms with van der Waals surface area (Å²) in [6, 6.07) is 11.9. The van der Waals surface area contributed by atoms with Crippen LogP contribution >= 0.6 is 11.8 Å². The Morgan fingerprint density at radius 1 is 1.13 bits per heavy atom. The highest BCUT2D eigenvalue weighted by atomic mass is 32.2. The van der Waals surface area contributed by atoms with Crippen LogP contribution in [0.3, 0.4) is 0 Å². The van der Waals surface area contributed by atoms with E-state index in [-0.39, 0.29) is 11.7 Å². The minimum Gasteiger partial charge on any atom is -0.459 e. The summed E-state index contributed by atoms with van der Waals surface area (Å²) in [6.07, 6.45) is 3.68. The van der Waals surface area contributed by atoms with Gasteiger partial charge in [0, 0.05) is 12.1 Å². The summed E-state index contributed by atoms with van der Waals surface area (Å²) in [5.74, 6) is -0.685. The van der Waals surface area contributed by atoms with E-state index in [2.05, 4.69) is 5.32 Å². The number of rotatable bonds is 10. The zero-order valence-corrected chi connectivity index (χ0v) is 19.2. The predicted octanol–water partition coefficient (Wildman–Crippen LogP) is 3.50. The molecule has 1 atom stereocenters. The lowest BCUT2D eigenvalue weighted by atomic mass is 10.0. The van der Waals surface area contributed by atoms with E-state index in [0.717, 1.165) is 5.56 Å². The first-order valence-corrected chi connectivity index (χ1v) is 11.5. The molecule has 0 spiro atoms. The van der Waals surface area contributed by atoms with Crippen molar-refractivity contribution < 1.29 is 23.5 Å². The van der Waals surface area contributed by atoms with Crippen molar-refractivity contribution in [3.63, 3.8) is 0 Å². The molecule has 0 aliphatic heterocycles. The van der Waals surface area contributed by atoms with Gasteiger partial charge in [0.1, 0.15) is 6.04 Å². The van der Waals surface area contributed by atoms with E-state index in [1.807, 2.05) is 57.4 Å². The number of carbonyl (C=O) groups excluding carboxylic acids is 3. The largest absolute Gasteiger partial charge is 0.459 e. The van der Waals surface area contributed by atoms with Crippen molar-refractivity contribution in [2.45, 2.75) is 45.3 Å². The highest BCUT2D eigenvalue weighted by Crippen LogP contribution is 2.18. The van der Waals surface area contributed by atoms with Crippen LogP contribution in [0.1, 0.15) is 43.3 Å². The van der Waals surface area contributed by atoms with Gasteiger partial charge in [-0.15, -0.1) is 0 Å². The second kappa shape index (κ2) is 11.6. The predicted molar refractivity (Wildman–Crippen MR) is 121 cm³/mol. The van der Waals surface area contributed by atoms with E-state index in [1.165, 1.54) is 12.3 Å². The second-order valence-corrected chi connectivity index (χ2v) is 9.01. The normalized spacial score (nSPS) is 12.1. The van der Waals surface area contributed by atoms with Gasteiger partial charge in [0.15, 0.2) is 12.4 Å². The van der Waals surface area contributed by atoms with Crippen molar-refractivity contribution in [2.75, 3.05) is 18.6 Å². The van der Waals surface area contributed by atoms with E-state index >= 15 is 0 Å². The molecule has 1 aromatic carbocycles. The number of nitrogens with zero attached hydrogens (tertiary/aromatic N) is 1. The van der Waals surface area contributed by atoms with Crippen LogP contribution in [0.4, 0.5) is 0 Å². The lowest BCUT2D eigenvalue weighted by molar-refractivity contribution is -0.156. The van der Waals surface area contributed by atoms with Crippen LogP contribution in [0, 0.1) is 0 Å². The third-order valence-corrected chi connectivity index (χ3v) is 5.22. The summed E-state index contributed by atoms with van der Waals surface area (Å²) in [7, 11) is 0. The van der Waals surface area contributed by atoms with Crippen LogP contribution in [-0.2, 0) is 20.9 Å². The van der Waals surface area contributed by atoms with Crippen LogP contribution in [0.2, 0.25) is 0 Å². The molecular formula is C23H30N2O5S. The summed E-state index contributed by atoms with van der Waals surface area (Å²) in [5.41, 5.74) is 0.533. The highest BCUT2D eigenvalue weighted by Gasteiger charge is 2.29. The first-order chi connectivity index (χ1) is 14.7. The van der Waals surface area contributed by atoms with Crippen LogP contribution in [0.25, 0.3) is 0 Å². The maximum Gasteiger partial charge on any atom is 0.329 e. The molecule has 0 fully saturated rings. The van der Waals surface area contributed by atoms with Crippen LogP contribution in [-0.4, -0.2) is 52.9 Å². The first-order valence-electron chi connectivity index (χ1n) is 10.1. The van der Waals surface area contributed by atoms with Crippen LogP contribution in [0.5, 0.6) is 0 Å². The fourth-order valence-corrected chi connectivity index (χ4v) is 3.37. The minimum atomic E-state index is -0.866. The van der Waals surface area contributed by atoms with E-state index in [0.29, 0.717) is 18.7 Å². The molecule has 0 unspecified atom stereocenters. The number of thioether (sulfide) groups is 1. The Balaban J connectivity index is 2.01. The lowest BCUT2D eigenvalue weighted by Crippen LogP contribution is -2.48. The lowest BCUT2D eigenvalue weighted by Gasteiger charge is -2.35. The summed E-state index contributed by atoms with van der Waals surface area (Å²) in [4.78, 5) is 39.5. The van der Waals surface area contributed by atoms with Crippen LogP contribution < -0.4 is 5.32 Å². The number of nitrogens with one attached hydrogen (secondary N) is 1. The van der Waals surface area contributed by atoms with Crippen LogP contribution in [0.15, 0.2) is 53.1 Å². The van der Waals surface area contributed by atoms with Crippen molar-refractivity contribution in [3.05, 3.63) is 60.1 Å². The van der Waals surface area contributed by atoms with Crippen molar-refractivity contribution in [2.24, 2.45) is 0 Å². The molecule has 168 valence electrons. The Morgan fingerprint density at radius 2 is 1.84 bits per heavy atom. The van der Waals surface area contributed by atoms with E-state index in [1.54, 1.807) is 22.7 Å². The van der Waals surface area contributed by atoms with Gasteiger partial charge in [-0.3, -0.25) is 9.59 Å². The molecular weight excluding hydrogens is 416 g/mol. The molecule has 1 aromatic heterocycles. The number of benzene rings is 1. The van der Waals surface area contributed by atoms with Crippen molar-refractivity contribution in [3.8, 4) is 0 Å². The third-order valence-electron chi connectivity index (χ3n) is 4.58. The number of carbonyl (C=O) groups is 3. The maximum absolute atomic E-state index is 12.9. The van der Waals surface area contributed by atoms with Gasteiger partial charge < -0.3 is 19.4 Å². The van der Waals surface area contributed by atoms with E-state index in [9.17, 15) is 14.4 Å². The van der Waals surface area contributed by atoms with Crippen molar-refractivity contribution in [1.29, 1.82) is 0 Å². The molecule has 0 aliphatic rings. The highest BCUT2D eigenvalue weighted by molar-refractivity contribution is 7.98. The SMILES string of the molecule is CSCC[C@@H](NC(=O)c1ccco1)C(=O)OCC(=O)N(Cc1ccccc1)C(C)(C)C. The Morgan fingerprint density at radius 3 is 2.42 bits per heavy atom. The number of hydrogen-bond donors (Lipinski definition) is 1. The van der Waals surface area contributed by atoms with Gasteiger partial charge in [0.25, 0.3) is 11.8 Å². The molecule has 2 amide bonds. The zero-order valence-electron chi connectivity index (χ0n) is 18.4. The van der Waals surface area contributed by atoms with Gasteiger partial charge in [0.05, 0.1) is 6.26 Å². The summed E-state index contributed by atoms with van der Waals surface area (Å²) in [5, 5.41) is 2.63. The number of esters is 1. The minimum absolute atomic E-state index is 0.111. The van der Waals surface area contributed by atoms with E-state index in [4.69, 9.17) is 9.15 Å². The van der Waals surface area contributed by atoms with Gasteiger partial charge >= 0.3 is 5.97 Å². The average Bonchev–Trinajstić information content (AvgIpc) is 3.28. The molecule has 2 rings (SSSR count). The summed E-state index contributed by atoms with van der Waals surface area (Å²) >= 11 is 1.55. The molecule has 0 aliphatic carbocycles. The number of ether oxygens (including phenoxy) is 1. The second-order valence-electron chi connectivity index (χ2n) is 8.03. The molecule has 7 nitrogen and oxygen atoms in total. The molecule has 1 N–H and O–H groups in total. The first kappa shape index (κ1) is 24.5. The Labute approximate surface area is 187 Å². The topological polar surface area (TPSA) is 88.9 Å². The Bertz CT molecular complexity index is 847. The number of hydrogen-bond acceptors (Lipinski definition) is 6. The fourth-order valence-electron chi connectivity index (χ4n) is 2.90. The molecule has 0 saturated carbocycles. The summed E-state index contributed by atoms with van der Waals surface area (Å²) < 4.78 is 10.4. The monoisotopic (exact) mass is 446 g/mol. The quantitative estimate of drug-likeness (QED) is 0.562. The number of furan rings is 1.